The summed E-state index contributed by atoms with van der Waals surface area (Å²) >= 11 is 0. The third kappa shape index (κ3) is 3.06. The molecular weight excluding hydrogens is 245 g/mol. The second kappa shape index (κ2) is 6.04. The molecule has 0 spiro atoms. The molecule has 0 aromatic heterocycles. The highest BCUT2D eigenvalue weighted by molar-refractivity contribution is 5.94. The lowest BCUT2D eigenvalue weighted by atomic mass is 9.97. The van der Waals surface area contributed by atoms with Crippen LogP contribution in [0.1, 0.15) is 49.4 Å². The molecule has 1 saturated heterocycles. The minimum atomic E-state index is -0.647. The first-order valence-corrected chi connectivity index (χ1v) is 6.93. The molecule has 4 heteroatoms. The number of carbonyl (C=O) groups is 1. The summed E-state index contributed by atoms with van der Waals surface area (Å²) in [5.41, 5.74) is 0.0563. The number of likely N-dealkylation sites (tertiary alicyclic amines) is 1. The molecule has 1 unspecified atom stereocenters. The van der Waals surface area contributed by atoms with Gasteiger partial charge in [0.1, 0.15) is 11.6 Å². The molecule has 3 nitrogen and oxygen atoms in total. The number of carbonyl (C=O) groups excluding carboxylic acids is 1. The van der Waals surface area contributed by atoms with E-state index in [1.54, 1.807) is 4.90 Å². The molecule has 1 amide bonds. The van der Waals surface area contributed by atoms with E-state index in [2.05, 4.69) is 6.92 Å². The van der Waals surface area contributed by atoms with Gasteiger partial charge in [0.2, 0.25) is 0 Å². The van der Waals surface area contributed by atoms with Crippen LogP contribution in [-0.4, -0.2) is 28.5 Å². The van der Waals surface area contributed by atoms with Gasteiger partial charge in [-0.15, -0.1) is 0 Å². The molecule has 1 heterocycles. The second-order valence-electron chi connectivity index (χ2n) is 5.10. The van der Waals surface area contributed by atoms with E-state index < -0.39 is 5.82 Å². The number of halogens is 1. The Labute approximate surface area is 113 Å². The van der Waals surface area contributed by atoms with Gasteiger partial charge in [-0.05, 0) is 37.8 Å². The SMILES string of the molecule is CCCC1CCCCN1C(=O)c1ccc(O)cc1F. The molecule has 1 atom stereocenters. The van der Waals surface area contributed by atoms with E-state index in [1.807, 2.05) is 0 Å². The molecule has 0 bridgehead atoms. The number of aromatic hydroxyl groups is 1. The highest BCUT2D eigenvalue weighted by Gasteiger charge is 2.28. The van der Waals surface area contributed by atoms with E-state index in [1.165, 1.54) is 12.1 Å². The number of phenolic OH excluding ortho intramolecular Hbond substituents is 1. The van der Waals surface area contributed by atoms with E-state index in [0.717, 1.165) is 38.2 Å². The normalized spacial score (nSPS) is 19.5. The molecule has 0 saturated carbocycles. The third-order valence-electron chi connectivity index (χ3n) is 3.69. The predicted molar refractivity (Wildman–Crippen MR) is 71.6 cm³/mol. The average Bonchev–Trinajstić information content (AvgIpc) is 2.39. The number of hydrogen-bond acceptors (Lipinski definition) is 2. The Hall–Kier alpha value is -1.58. The van der Waals surface area contributed by atoms with Crippen LogP contribution in [0.5, 0.6) is 5.75 Å². The first-order valence-electron chi connectivity index (χ1n) is 6.93. The van der Waals surface area contributed by atoms with Gasteiger partial charge >= 0.3 is 0 Å². The molecule has 1 aromatic carbocycles. The molecular formula is C15H20FNO2. The smallest absolute Gasteiger partial charge is 0.257 e. The number of piperidine rings is 1. The Morgan fingerprint density at radius 3 is 2.95 bits per heavy atom. The maximum absolute atomic E-state index is 13.8. The number of hydrogen-bond donors (Lipinski definition) is 1. The summed E-state index contributed by atoms with van der Waals surface area (Å²) in [6, 6.07) is 3.94. The number of phenols is 1. The Morgan fingerprint density at radius 1 is 1.47 bits per heavy atom. The van der Waals surface area contributed by atoms with Crippen LogP contribution in [0.25, 0.3) is 0 Å². The van der Waals surface area contributed by atoms with Crippen molar-refractivity contribution in [3.63, 3.8) is 0 Å². The van der Waals surface area contributed by atoms with E-state index in [4.69, 9.17) is 0 Å². The van der Waals surface area contributed by atoms with Crippen LogP contribution in [0.4, 0.5) is 4.39 Å². The number of rotatable bonds is 3. The molecule has 1 aliphatic rings. The first kappa shape index (κ1) is 13.8. The van der Waals surface area contributed by atoms with Crippen LogP contribution in [0, 0.1) is 5.82 Å². The zero-order chi connectivity index (χ0) is 13.8. The lowest BCUT2D eigenvalue weighted by molar-refractivity contribution is 0.0596. The molecule has 2 rings (SSSR count). The fraction of sp³-hybridized carbons (Fsp3) is 0.533. The maximum atomic E-state index is 13.8. The molecule has 104 valence electrons. The highest BCUT2D eigenvalue weighted by atomic mass is 19.1. The predicted octanol–water partition coefficient (Wildman–Crippen LogP) is 3.33. The number of amides is 1. The third-order valence-corrected chi connectivity index (χ3v) is 3.69. The monoisotopic (exact) mass is 265 g/mol. The average molecular weight is 265 g/mol. The second-order valence-corrected chi connectivity index (χ2v) is 5.10. The fourth-order valence-electron chi connectivity index (χ4n) is 2.73. The Kier molecular flexibility index (Phi) is 4.40. The summed E-state index contributed by atoms with van der Waals surface area (Å²) < 4.78 is 13.8. The van der Waals surface area contributed by atoms with Crippen LogP contribution in [-0.2, 0) is 0 Å². The van der Waals surface area contributed by atoms with Gasteiger partial charge in [-0.1, -0.05) is 13.3 Å². The van der Waals surface area contributed by atoms with Crippen molar-refractivity contribution in [2.45, 2.75) is 45.1 Å². The summed E-state index contributed by atoms with van der Waals surface area (Å²) in [6.45, 7) is 2.79. The van der Waals surface area contributed by atoms with Crippen LogP contribution >= 0.6 is 0 Å². The molecule has 1 fully saturated rings. The van der Waals surface area contributed by atoms with Crippen LogP contribution in [0.3, 0.4) is 0 Å². The maximum Gasteiger partial charge on any atom is 0.257 e. The van der Waals surface area contributed by atoms with Gasteiger partial charge in [0.25, 0.3) is 5.91 Å². The van der Waals surface area contributed by atoms with Crippen molar-refractivity contribution in [1.82, 2.24) is 4.90 Å². The molecule has 19 heavy (non-hydrogen) atoms. The Balaban J connectivity index is 2.21. The van der Waals surface area contributed by atoms with Crippen molar-refractivity contribution < 1.29 is 14.3 Å². The zero-order valence-corrected chi connectivity index (χ0v) is 11.2. The summed E-state index contributed by atoms with van der Waals surface area (Å²) in [7, 11) is 0. The number of nitrogens with zero attached hydrogens (tertiary/aromatic N) is 1. The van der Waals surface area contributed by atoms with E-state index in [0.29, 0.717) is 6.54 Å². The van der Waals surface area contributed by atoms with Gasteiger partial charge in [-0.2, -0.15) is 0 Å². The van der Waals surface area contributed by atoms with Gasteiger partial charge in [-0.3, -0.25) is 4.79 Å². The van der Waals surface area contributed by atoms with Crippen molar-refractivity contribution in [3.8, 4) is 5.75 Å². The van der Waals surface area contributed by atoms with E-state index in [-0.39, 0.29) is 23.3 Å². The molecule has 1 aromatic rings. The summed E-state index contributed by atoms with van der Waals surface area (Å²) in [5.74, 6) is -1.06. The van der Waals surface area contributed by atoms with Gasteiger partial charge in [-0.25, -0.2) is 4.39 Å². The Morgan fingerprint density at radius 2 is 2.26 bits per heavy atom. The Bertz CT molecular complexity index is 459. The largest absolute Gasteiger partial charge is 0.508 e. The van der Waals surface area contributed by atoms with Gasteiger partial charge in [0.15, 0.2) is 0 Å². The van der Waals surface area contributed by atoms with Crippen molar-refractivity contribution in [3.05, 3.63) is 29.6 Å². The minimum absolute atomic E-state index is 0.0563. The summed E-state index contributed by atoms with van der Waals surface area (Å²) in [4.78, 5) is 14.2. The molecule has 0 radical (unpaired) electrons. The standard InChI is InChI=1S/C15H20FNO2/c1-2-5-11-6-3-4-9-17(11)15(19)13-8-7-12(18)10-14(13)16/h7-8,10-11,18H,2-6,9H2,1H3. The highest BCUT2D eigenvalue weighted by Crippen LogP contribution is 2.24. The van der Waals surface area contributed by atoms with Gasteiger partial charge in [0.05, 0.1) is 5.56 Å². The van der Waals surface area contributed by atoms with Gasteiger partial charge < -0.3 is 10.0 Å². The topological polar surface area (TPSA) is 40.5 Å². The molecule has 1 aliphatic heterocycles. The zero-order valence-electron chi connectivity index (χ0n) is 11.2. The van der Waals surface area contributed by atoms with Crippen molar-refractivity contribution in [2.24, 2.45) is 0 Å². The van der Waals surface area contributed by atoms with Crippen LogP contribution < -0.4 is 0 Å². The van der Waals surface area contributed by atoms with E-state index in [9.17, 15) is 14.3 Å². The summed E-state index contributed by atoms with van der Waals surface area (Å²) in [6.07, 6.45) is 5.09. The molecule has 0 aliphatic carbocycles. The minimum Gasteiger partial charge on any atom is -0.508 e. The quantitative estimate of drug-likeness (QED) is 0.910. The first-order chi connectivity index (χ1) is 9.13. The van der Waals surface area contributed by atoms with Crippen molar-refractivity contribution in [2.75, 3.05) is 6.54 Å². The summed E-state index contributed by atoms with van der Waals surface area (Å²) in [5, 5.41) is 9.20. The van der Waals surface area contributed by atoms with Crippen LogP contribution in [0.15, 0.2) is 18.2 Å². The lowest BCUT2D eigenvalue weighted by Crippen LogP contribution is -2.43. The lowest BCUT2D eigenvalue weighted by Gasteiger charge is -2.36. The fourth-order valence-corrected chi connectivity index (χ4v) is 2.73. The van der Waals surface area contributed by atoms with Crippen LogP contribution in [0.2, 0.25) is 0 Å². The molecule has 1 N–H and O–H groups in total. The van der Waals surface area contributed by atoms with Gasteiger partial charge in [0, 0.05) is 18.7 Å². The number of benzene rings is 1. The van der Waals surface area contributed by atoms with Crippen molar-refractivity contribution >= 4 is 5.91 Å². The van der Waals surface area contributed by atoms with E-state index >= 15 is 0 Å². The van der Waals surface area contributed by atoms with Crippen molar-refractivity contribution in [1.29, 1.82) is 0 Å².